The molecule has 1 N–H and O–H groups in total. The number of nitrogens with zero attached hydrogens (tertiary/aromatic N) is 3. The molecule has 2 aromatic rings. The minimum absolute atomic E-state index is 0.0187. The smallest absolute Gasteiger partial charge is 0.304 e. The van der Waals surface area contributed by atoms with Crippen LogP contribution in [0.1, 0.15) is 36.8 Å². The summed E-state index contributed by atoms with van der Waals surface area (Å²) in [7, 11) is 0. The second kappa shape index (κ2) is 7.02. The second-order valence-electron chi connectivity index (χ2n) is 7.43. The van der Waals surface area contributed by atoms with Crippen LogP contribution in [0.5, 0.6) is 0 Å². The number of carbonyl (C=O) groups is 2. The number of piperidine rings is 1. The first-order chi connectivity index (χ1) is 13.1. The first-order valence-corrected chi connectivity index (χ1v) is 9.37. The summed E-state index contributed by atoms with van der Waals surface area (Å²) >= 11 is 0. The van der Waals surface area contributed by atoms with Gasteiger partial charge >= 0.3 is 5.97 Å². The third-order valence-electron chi connectivity index (χ3n) is 5.58. The number of rotatable bonds is 5. The molecule has 1 aromatic carbocycles. The SMILES string of the molecule is O=C(O)CC1(Cc2ccncc2)CN(N2CCCCC2=O)c2ccccc21. The molecule has 0 bridgehead atoms. The molecular weight excluding hydrogens is 342 g/mol. The van der Waals surface area contributed by atoms with Crippen LogP contribution in [0, 0.1) is 0 Å². The molecule has 1 aromatic heterocycles. The third-order valence-corrected chi connectivity index (χ3v) is 5.58. The molecule has 0 saturated carbocycles. The average molecular weight is 365 g/mol. The molecule has 1 atom stereocenters. The van der Waals surface area contributed by atoms with Gasteiger partial charge in [-0.25, -0.2) is 0 Å². The van der Waals surface area contributed by atoms with E-state index >= 15 is 0 Å². The lowest BCUT2D eigenvalue weighted by Gasteiger charge is -2.38. The average Bonchev–Trinajstić information content (AvgIpc) is 2.97. The Hall–Kier alpha value is -2.89. The van der Waals surface area contributed by atoms with Gasteiger partial charge < -0.3 is 5.11 Å². The van der Waals surface area contributed by atoms with Crippen molar-refractivity contribution in [3.05, 3.63) is 59.9 Å². The molecule has 0 aliphatic carbocycles. The van der Waals surface area contributed by atoms with Crippen LogP contribution >= 0.6 is 0 Å². The van der Waals surface area contributed by atoms with Crippen molar-refractivity contribution >= 4 is 17.6 Å². The highest BCUT2D eigenvalue weighted by molar-refractivity contribution is 5.81. The van der Waals surface area contributed by atoms with Gasteiger partial charge in [0, 0.05) is 30.8 Å². The summed E-state index contributed by atoms with van der Waals surface area (Å²) in [6.07, 6.45) is 6.52. The van der Waals surface area contributed by atoms with Crippen LogP contribution in [0.2, 0.25) is 0 Å². The highest BCUT2D eigenvalue weighted by Gasteiger charge is 2.46. The van der Waals surface area contributed by atoms with E-state index in [1.165, 1.54) is 0 Å². The summed E-state index contributed by atoms with van der Waals surface area (Å²) in [6, 6.07) is 11.8. The van der Waals surface area contributed by atoms with Crippen molar-refractivity contribution in [2.24, 2.45) is 0 Å². The Labute approximate surface area is 158 Å². The van der Waals surface area contributed by atoms with Crippen molar-refractivity contribution in [1.82, 2.24) is 9.99 Å². The summed E-state index contributed by atoms with van der Waals surface area (Å²) in [5.41, 5.74) is 2.42. The van der Waals surface area contributed by atoms with Crippen LogP contribution in [0.3, 0.4) is 0 Å². The van der Waals surface area contributed by atoms with Crippen LogP contribution < -0.4 is 5.01 Å². The van der Waals surface area contributed by atoms with Crippen molar-refractivity contribution in [1.29, 1.82) is 0 Å². The molecule has 0 radical (unpaired) electrons. The van der Waals surface area contributed by atoms with Crippen molar-refractivity contribution in [2.75, 3.05) is 18.1 Å². The summed E-state index contributed by atoms with van der Waals surface area (Å²) in [5, 5.41) is 13.5. The van der Waals surface area contributed by atoms with Gasteiger partial charge in [0.2, 0.25) is 5.91 Å². The quantitative estimate of drug-likeness (QED) is 0.882. The lowest BCUT2D eigenvalue weighted by atomic mass is 9.74. The van der Waals surface area contributed by atoms with Crippen LogP contribution in [0.4, 0.5) is 5.69 Å². The Kier molecular flexibility index (Phi) is 4.56. The van der Waals surface area contributed by atoms with E-state index in [0.717, 1.165) is 29.7 Å². The molecule has 1 amide bonds. The van der Waals surface area contributed by atoms with E-state index in [2.05, 4.69) is 4.98 Å². The first kappa shape index (κ1) is 17.5. The maximum Gasteiger partial charge on any atom is 0.304 e. The normalized spacial score (nSPS) is 22.0. The van der Waals surface area contributed by atoms with E-state index < -0.39 is 11.4 Å². The summed E-state index contributed by atoms with van der Waals surface area (Å²) < 4.78 is 0. The molecule has 6 heteroatoms. The number of carboxylic acids is 1. The number of fused-ring (bicyclic) bond motifs is 1. The van der Waals surface area contributed by atoms with Gasteiger partial charge in [-0.1, -0.05) is 18.2 Å². The first-order valence-electron chi connectivity index (χ1n) is 9.37. The molecule has 4 rings (SSSR count). The van der Waals surface area contributed by atoms with Crippen molar-refractivity contribution < 1.29 is 14.7 Å². The molecule has 1 saturated heterocycles. The number of aromatic nitrogens is 1. The van der Waals surface area contributed by atoms with E-state index in [-0.39, 0.29) is 12.3 Å². The zero-order valence-corrected chi connectivity index (χ0v) is 15.2. The molecule has 1 unspecified atom stereocenters. The summed E-state index contributed by atoms with van der Waals surface area (Å²) in [5.74, 6) is -0.711. The predicted molar refractivity (Wildman–Crippen MR) is 101 cm³/mol. The molecule has 2 aliphatic heterocycles. The van der Waals surface area contributed by atoms with Gasteiger partial charge in [-0.3, -0.25) is 24.6 Å². The van der Waals surface area contributed by atoms with E-state index in [0.29, 0.717) is 25.9 Å². The molecule has 27 heavy (non-hydrogen) atoms. The number of aliphatic carboxylic acids is 1. The second-order valence-corrected chi connectivity index (χ2v) is 7.43. The predicted octanol–water partition coefficient (Wildman–Crippen LogP) is 2.78. The van der Waals surface area contributed by atoms with Crippen LogP contribution in [-0.4, -0.2) is 40.1 Å². The zero-order chi connectivity index (χ0) is 18.9. The van der Waals surface area contributed by atoms with Gasteiger partial charge in [0.05, 0.1) is 18.7 Å². The van der Waals surface area contributed by atoms with Gasteiger partial charge in [0.25, 0.3) is 0 Å². The fourth-order valence-electron chi connectivity index (χ4n) is 4.41. The zero-order valence-electron chi connectivity index (χ0n) is 15.2. The number of carbonyl (C=O) groups excluding carboxylic acids is 1. The van der Waals surface area contributed by atoms with Crippen LogP contribution in [0.15, 0.2) is 48.8 Å². The van der Waals surface area contributed by atoms with E-state index in [1.54, 1.807) is 12.4 Å². The number of para-hydroxylation sites is 1. The number of hydrazine groups is 1. The van der Waals surface area contributed by atoms with Crippen molar-refractivity contribution in [3.63, 3.8) is 0 Å². The van der Waals surface area contributed by atoms with Crippen LogP contribution in [-0.2, 0) is 21.4 Å². The Morgan fingerprint density at radius 3 is 2.63 bits per heavy atom. The lowest BCUT2D eigenvalue weighted by molar-refractivity contribution is -0.138. The fourth-order valence-corrected chi connectivity index (χ4v) is 4.41. The van der Waals surface area contributed by atoms with Gasteiger partial charge in [0.1, 0.15) is 0 Å². The number of anilines is 1. The molecule has 6 nitrogen and oxygen atoms in total. The number of hydrogen-bond donors (Lipinski definition) is 1. The molecule has 140 valence electrons. The van der Waals surface area contributed by atoms with Crippen LogP contribution in [0.25, 0.3) is 0 Å². The number of benzene rings is 1. The van der Waals surface area contributed by atoms with E-state index in [4.69, 9.17) is 0 Å². The van der Waals surface area contributed by atoms with E-state index in [9.17, 15) is 14.7 Å². The standard InChI is InChI=1S/C21H23N3O3/c25-19-7-3-4-12-23(19)24-15-21(14-20(26)27,13-16-8-10-22-11-9-16)17-5-1-2-6-18(17)24/h1-2,5-6,8-11H,3-4,7,12-15H2,(H,26,27). The monoisotopic (exact) mass is 365 g/mol. The number of carboxylic acid groups (broad SMARTS) is 1. The largest absolute Gasteiger partial charge is 0.481 e. The summed E-state index contributed by atoms with van der Waals surface area (Å²) in [6.45, 7) is 1.18. The van der Waals surface area contributed by atoms with Gasteiger partial charge in [-0.05, 0) is 48.6 Å². The van der Waals surface area contributed by atoms with Gasteiger partial charge in [-0.2, -0.15) is 0 Å². The highest BCUT2D eigenvalue weighted by atomic mass is 16.4. The summed E-state index contributed by atoms with van der Waals surface area (Å²) in [4.78, 5) is 28.4. The van der Waals surface area contributed by atoms with Crippen molar-refractivity contribution in [3.8, 4) is 0 Å². The number of amides is 1. The van der Waals surface area contributed by atoms with Crippen molar-refractivity contribution in [2.45, 2.75) is 37.5 Å². The molecular formula is C21H23N3O3. The van der Waals surface area contributed by atoms with E-state index in [1.807, 2.05) is 46.4 Å². The minimum Gasteiger partial charge on any atom is -0.481 e. The minimum atomic E-state index is -0.828. The van der Waals surface area contributed by atoms with Gasteiger partial charge in [0.15, 0.2) is 0 Å². The Morgan fingerprint density at radius 2 is 1.89 bits per heavy atom. The lowest BCUT2D eigenvalue weighted by Crippen LogP contribution is -2.51. The maximum atomic E-state index is 12.5. The molecule has 1 fully saturated rings. The fraction of sp³-hybridized carbons (Fsp3) is 0.381. The topological polar surface area (TPSA) is 73.7 Å². The molecule has 3 heterocycles. The Balaban J connectivity index is 1.77. The third kappa shape index (κ3) is 3.27. The number of pyridine rings is 1. The Morgan fingerprint density at radius 1 is 1.11 bits per heavy atom. The maximum absolute atomic E-state index is 12.5. The highest BCUT2D eigenvalue weighted by Crippen LogP contribution is 2.46. The molecule has 2 aliphatic rings. The molecule has 0 spiro atoms. The van der Waals surface area contributed by atoms with Gasteiger partial charge in [-0.15, -0.1) is 0 Å². The number of hydrogen-bond acceptors (Lipinski definition) is 4. The Bertz CT molecular complexity index is 855.